The average molecular weight is 195 g/mol. The van der Waals surface area contributed by atoms with E-state index in [2.05, 4.69) is 0 Å². The number of benzene rings is 1. The molecule has 1 atom stereocenters. The minimum absolute atomic E-state index is 0.0648. The highest BCUT2D eigenvalue weighted by Crippen LogP contribution is 2.27. The molecule has 4 nitrogen and oxygen atoms in total. The molecule has 1 N–H and O–H groups in total. The molecular formula is C10H13NO3. The Bertz CT molecular complexity index is 349. The number of nitro benzene ring substituents is 1. The van der Waals surface area contributed by atoms with Crippen LogP contribution < -0.4 is 0 Å². The second-order valence-electron chi connectivity index (χ2n) is 3.17. The summed E-state index contributed by atoms with van der Waals surface area (Å²) in [5.74, 6) is 0. The van der Waals surface area contributed by atoms with Crippen LogP contribution in [0.3, 0.4) is 0 Å². The van der Waals surface area contributed by atoms with Crippen molar-refractivity contribution in [2.24, 2.45) is 0 Å². The molecule has 0 bridgehead atoms. The maximum absolute atomic E-state index is 10.6. The van der Waals surface area contributed by atoms with Gasteiger partial charge in [-0.3, -0.25) is 10.1 Å². The van der Waals surface area contributed by atoms with Crippen LogP contribution in [0, 0.1) is 17.0 Å². The van der Waals surface area contributed by atoms with Crippen molar-refractivity contribution in [3.05, 3.63) is 39.4 Å². The fourth-order valence-corrected chi connectivity index (χ4v) is 1.42. The minimum atomic E-state index is -0.616. The molecule has 4 heteroatoms. The van der Waals surface area contributed by atoms with Crippen molar-refractivity contribution in [1.82, 2.24) is 0 Å². The first-order chi connectivity index (χ1) is 6.57. The second-order valence-corrected chi connectivity index (χ2v) is 3.17. The zero-order chi connectivity index (χ0) is 10.7. The molecule has 1 rings (SSSR count). The van der Waals surface area contributed by atoms with Crippen LogP contribution >= 0.6 is 0 Å². The van der Waals surface area contributed by atoms with Gasteiger partial charge in [0.25, 0.3) is 5.69 Å². The molecule has 0 aliphatic carbocycles. The standard InChI is InChI=1S/C10H13NO3/c1-3-10(12)8-5-4-6-9(7(8)2)11(13)14/h4-6,10,12H,3H2,1-2H3. The highest BCUT2D eigenvalue weighted by atomic mass is 16.6. The minimum Gasteiger partial charge on any atom is -0.388 e. The molecule has 0 saturated heterocycles. The van der Waals surface area contributed by atoms with Crippen LogP contribution in [0.15, 0.2) is 18.2 Å². The fourth-order valence-electron chi connectivity index (χ4n) is 1.42. The van der Waals surface area contributed by atoms with Gasteiger partial charge < -0.3 is 5.11 Å². The maximum atomic E-state index is 10.6. The smallest absolute Gasteiger partial charge is 0.272 e. The topological polar surface area (TPSA) is 63.4 Å². The van der Waals surface area contributed by atoms with Gasteiger partial charge in [0.1, 0.15) is 0 Å². The summed E-state index contributed by atoms with van der Waals surface area (Å²) in [6, 6.07) is 4.76. The molecular weight excluding hydrogens is 182 g/mol. The van der Waals surface area contributed by atoms with Gasteiger partial charge in [0.05, 0.1) is 11.0 Å². The molecule has 0 amide bonds. The van der Waals surface area contributed by atoms with Gasteiger partial charge in [0.2, 0.25) is 0 Å². The first kappa shape index (κ1) is 10.7. The summed E-state index contributed by atoms with van der Waals surface area (Å²) < 4.78 is 0. The molecule has 0 heterocycles. The van der Waals surface area contributed by atoms with E-state index in [0.717, 1.165) is 0 Å². The molecule has 0 radical (unpaired) electrons. The molecule has 0 aliphatic rings. The largest absolute Gasteiger partial charge is 0.388 e. The number of nitro groups is 1. The third kappa shape index (κ3) is 1.90. The van der Waals surface area contributed by atoms with Crippen LogP contribution in [0.2, 0.25) is 0 Å². The van der Waals surface area contributed by atoms with Crippen molar-refractivity contribution >= 4 is 5.69 Å². The fraction of sp³-hybridized carbons (Fsp3) is 0.400. The van der Waals surface area contributed by atoms with E-state index in [1.807, 2.05) is 6.92 Å². The summed E-state index contributed by atoms with van der Waals surface area (Å²) in [6.45, 7) is 3.50. The normalized spacial score (nSPS) is 12.5. The average Bonchev–Trinajstić information content (AvgIpc) is 2.16. The Labute approximate surface area is 82.3 Å². The van der Waals surface area contributed by atoms with Crippen LogP contribution in [0.4, 0.5) is 5.69 Å². The monoisotopic (exact) mass is 195 g/mol. The van der Waals surface area contributed by atoms with Crippen molar-refractivity contribution in [3.63, 3.8) is 0 Å². The van der Waals surface area contributed by atoms with E-state index in [1.54, 1.807) is 19.1 Å². The first-order valence-corrected chi connectivity index (χ1v) is 4.50. The van der Waals surface area contributed by atoms with E-state index in [4.69, 9.17) is 0 Å². The molecule has 1 aromatic carbocycles. The summed E-state index contributed by atoms with van der Waals surface area (Å²) in [5, 5.41) is 20.2. The number of rotatable bonds is 3. The van der Waals surface area contributed by atoms with E-state index in [1.165, 1.54) is 6.07 Å². The van der Waals surface area contributed by atoms with Crippen molar-refractivity contribution in [2.45, 2.75) is 26.4 Å². The lowest BCUT2D eigenvalue weighted by Gasteiger charge is -2.10. The Balaban J connectivity index is 3.20. The molecule has 1 aromatic rings. The lowest BCUT2D eigenvalue weighted by Crippen LogP contribution is -2.01. The van der Waals surface area contributed by atoms with E-state index in [9.17, 15) is 15.2 Å². The number of nitrogens with zero attached hydrogens (tertiary/aromatic N) is 1. The Kier molecular flexibility index (Phi) is 3.19. The van der Waals surface area contributed by atoms with Gasteiger partial charge in [-0.1, -0.05) is 19.1 Å². The van der Waals surface area contributed by atoms with Crippen LogP contribution in [-0.4, -0.2) is 10.0 Å². The zero-order valence-electron chi connectivity index (χ0n) is 8.23. The van der Waals surface area contributed by atoms with Crippen LogP contribution in [-0.2, 0) is 0 Å². The Morgan fingerprint density at radius 2 is 2.21 bits per heavy atom. The highest BCUT2D eigenvalue weighted by Gasteiger charge is 2.16. The van der Waals surface area contributed by atoms with Crippen molar-refractivity contribution < 1.29 is 10.0 Å². The first-order valence-electron chi connectivity index (χ1n) is 4.50. The van der Waals surface area contributed by atoms with Crippen molar-refractivity contribution in [1.29, 1.82) is 0 Å². The van der Waals surface area contributed by atoms with Gasteiger partial charge in [0, 0.05) is 11.6 Å². The molecule has 76 valence electrons. The van der Waals surface area contributed by atoms with E-state index in [0.29, 0.717) is 17.5 Å². The molecule has 0 aromatic heterocycles. The Morgan fingerprint density at radius 3 is 2.71 bits per heavy atom. The van der Waals surface area contributed by atoms with Crippen LogP contribution in [0.5, 0.6) is 0 Å². The van der Waals surface area contributed by atoms with E-state index >= 15 is 0 Å². The van der Waals surface area contributed by atoms with Crippen LogP contribution in [0.25, 0.3) is 0 Å². The lowest BCUT2D eigenvalue weighted by molar-refractivity contribution is -0.385. The summed E-state index contributed by atoms with van der Waals surface area (Å²) in [6.07, 6.45) is -0.0583. The summed E-state index contributed by atoms with van der Waals surface area (Å²) in [5.41, 5.74) is 1.25. The quantitative estimate of drug-likeness (QED) is 0.594. The van der Waals surface area contributed by atoms with Gasteiger partial charge >= 0.3 is 0 Å². The Morgan fingerprint density at radius 1 is 1.57 bits per heavy atom. The molecule has 14 heavy (non-hydrogen) atoms. The SMILES string of the molecule is CCC(O)c1cccc([N+](=O)[O-])c1C. The summed E-state index contributed by atoms with van der Waals surface area (Å²) in [7, 11) is 0. The van der Waals surface area contributed by atoms with Gasteiger partial charge in [0.15, 0.2) is 0 Å². The van der Waals surface area contributed by atoms with Crippen LogP contribution in [0.1, 0.15) is 30.6 Å². The van der Waals surface area contributed by atoms with E-state index in [-0.39, 0.29) is 5.69 Å². The molecule has 0 aliphatic heterocycles. The summed E-state index contributed by atoms with van der Waals surface area (Å²) >= 11 is 0. The predicted molar refractivity (Wildman–Crippen MR) is 53.1 cm³/mol. The highest BCUT2D eigenvalue weighted by molar-refractivity contribution is 5.45. The van der Waals surface area contributed by atoms with E-state index < -0.39 is 11.0 Å². The molecule has 0 fully saturated rings. The number of hydrogen-bond acceptors (Lipinski definition) is 3. The predicted octanol–water partition coefficient (Wildman–Crippen LogP) is 2.35. The molecule has 0 spiro atoms. The third-order valence-corrected chi connectivity index (χ3v) is 2.29. The summed E-state index contributed by atoms with van der Waals surface area (Å²) in [4.78, 5) is 10.2. The van der Waals surface area contributed by atoms with Crippen molar-refractivity contribution in [3.8, 4) is 0 Å². The lowest BCUT2D eigenvalue weighted by atomic mass is 10.0. The van der Waals surface area contributed by atoms with Gasteiger partial charge in [-0.2, -0.15) is 0 Å². The van der Waals surface area contributed by atoms with Crippen molar-refractivity contribution in [2.75, 3.05) is 0 Å². The zero-order valence-corrected chi connectivity index (χ0v) is 8.23. The molecule has 1 unspecified atom stereocenters. The Hall–Kier alpha value is -1.42. The third-order valence-electron chi connectivity index (χ3n) is 2.29. The number of hydrogen-bond donors (Lipinski definition) is 1. The number of aliphatic hydroxyl groups is 1. The second kappa shape index (κ2) is 4.19. The van der Waals surface area contributed by atoms with Gasteiger partial charge in [-0.25, -0.2) is 0 Å². The molecule has 0 saturated carbocycles. The number of aliphatic hydroxyl groups excluding tert-OH is 1. The maximum Gasteiger partial charge on any atom is 0.272 e. The van der Waals surface area contributed by atoms with Gasteiger partial charge in [-0.05, 0) is 18.9 Å². The van der Waals surface area contributed by atoms with Gasteiger partial charge in [-0.15, -0.1) is 0 Å².